The molecule has 4 aliphatic rings. The van der Waals surface area contributed by atoms with Gasteiger partial charge in [-0.1, -0.05) is 18.6 Å². The van der Waals surface area contributed by atoms with E-state index in [9.17, 15) is 5.26 Å². The molecule has 3 fully saturated rings. The Balaban J connectivity index is 0.859. The zero-order valence-electron chi connectivity index (χ0n) is 43.2. The van der Waals surface area contributed by atoms with Crippen molar-refractivity contribution in [3.63, 3.8) is 0 Å². The number of rotatable bonds is 18. The van der Waals surface area contributed by atoms with Crippen LogP contribution in [-0.4, -0.2) is 86.0 Å². The van der Waals surface area contributed by atoms with Gasteiger partial charge in [-0.15, -0.1) is 10.2 Å². The van der Waals surface area contributed by atoms with E-state index in [0.717, 1.165) is 58.6 Å². The number of hydrazone groups is 1. The highest BCUT2D eigenvalue weighted by atomic mass is 19.1. The van der Waals surface area contributed by atoms with Crippen molar-refractivity contribution in [3.8, 4) is 62.9 Å². The summed E-state index contributed by atoms with van der Waals surface area (Å²) in [4.78, 5) is 22.1. The average molecular weight is 1050 g/mol. The Bertz CT molecular complexity index is 3880. The number of nitrogens with one attached hydrogen (secondary N) is 3. The first kappa shape index (κ1) is 49.3. The number of fused-ring (bicyclic) bond motifs is 2. The number of pyridine rings is 2. The van der Waals surface area contributed by atoms with Gasteiger partial charge in [0.25, 0.3) is 0 Å². The molecular formula is C59H54F3N13O3. The lowest BCUT2D eigenvalue weighted by Gasteiger charge is -2.25. The van der Waals surface area contributed by atoms with Gasteiger partial charge >= 0.3 is 0 Å². The molecule has 13 rings (SSSR count). The van der Waals surface area contributed by atoms with Gasteiger partial charge in [-0.3, -0.25) is 5.43 Å². The fraction of sp³-hybridized carbons (Fsp3) is 0.322. The van der Waals surface area contributed by atoms with Gasteiger partial charge in [0.1, 0.15) is 41.2 Å². The van der Waals surface area contributed by atoms with Crippen molar-refractivity contribution < 1.29 is 26.7 Å². The first-order valence-electron chi connectivity index (χ1n) is 26.4. The zero-order chi connectivity index (χ0) is 53.2. The van der Waals surface area contributed by atoms with Crippen LogP contribution in [0.4, 0.5) is 13.2 Å². The van der Waals surface area contributed by atoms with Crippen LogP contribution in [0.2, 0.25) is 0 Å². The molecule has 3 aliphatic carbocycles. The number of aryl methyl sites for hydroxylation is 1. The Morgan fingerprint density at radius 2 is 1.36 bits per heavy atom. The SMILES string of the molecule is COCCNCc1cc(F)c2oc(-c3cc(-c4ccc(F)cc4-c4nncn4C)cc(C4CC4C4CC4c4cc(-c5ccc(C#N)cc5C5=NNCN5C)cc(-c5nc6cc(CNCC7CCC7)cc(F)c6o5)n4)n3)nc2c1. The third-order valence-corrected chi connectivity index (χ3v) is 15.7. The van der Waals surface area contributed by atoms with Gasteiger partial charge < -0.3 is 33.7 Å². The molecule has 9 aromatic rings. The van der Waals surface area contributed by atoms with E-state index in [2.05, 4.69) is 43.5 Å². The number of aromatic nitrogens is 7. The third kappa shape index (κ3) is 9.53. The Kier molecular flexibility index (Phi) is 12.8. The summed E-state index contributed by atoms with van der Waals surface area (Å²) in [7, 11) is 5.37. The van der Waals surface area contributed by atoms with E-state index < -0.39 is 17.5 Å². The lowest BCUT2D eigenvalue weighted by Crippen LogP contribution is -2.26. The molecule has 4 unspecified atom stereocenters. The second-order valence-electron chi connectivity index (χ2n) is 21.1. The van der Waals surface area contributed by atoms with Crippen LogP contribution in [0.3, 0.4) is 0 Å². The number of amidine groups is 1. The number of nitriles is 1. The lowest BCUT2D eigenvalue weighted by atomic mass is 9.85. The number of ether oxygens (including phenoxy) is 1. The quantitative estimate of drug-likeness (QED) is 0.0687. The van der Waals surface area contributed by atoms with Crippen LogP contribution in [0.15, 0.2) is 105 Å². The molecule has 6 heterocycles. The van der Waals surface area contributed by atoms with Crippen LogP contribution in [0, 0.1) is 46.5 Å². The molecule has 3 saturated carbocycles. The maximum Gasteiger partial charge on any atom is 0.246 e. The van der Waals surface area contributed by atoms with Crippen molar-refractivity contribution in [2.75, 3.05) is 40.5 Å². The van der Waals surface area contributed by atoms with Gasteiger partial charge in [0.2, 0.25) is 11.8 Å². The molecule has 0 spiro atoms. The fourth-order valence-electron chi connectivity index (χ4n) is 11.3. The van der Waals surface area contributed by atoms with Gasteiger partial charge in [0.05, 0.1) is 18.2 Å². The molecule has 0 radical (unpaired) electrons. The van der Waals surface area contributed by atoms with E-state index in [4.69, 9.17) is 33.5 Å². The molecular weight excluding hydrogens is 996 g/mol. The number of benzene rings is 4. The highest BCUT2D eigenvalue weighted by Gasteiger charge is 2.55. The van der Waals surface area contributed by atoms with E-state index in [-0.39, 0.29) is 46.6 Å². The first-order valence-corrected chi connectivity index (χ1v) is 26.4. The van der Waals surface area contributed by atoms with E-state index in [1.807, 2.05) is 48.3 Å². The summed E-state index contributed by atoms with van der Waals surface area (Å²) in [5, 5.41) is 29.8. The summed E-state index contributed by atoms with van der Waals surface area (Å²) in [5.41, 5.74) is 12.8. The summed E-state index contributed by atoms with van der Waals surface area (Å²) >= 11 is 0. The maximum absolute atomic E-state index is 15.9. The van der Waals surface area contributed by atoms with E-state index in [1.165, 1.54) is 43.5 Å². The van der Waals surface area contributed by atoms with Crippen molar-refractivity contribution in [1.29, 1.82) is 5.26 Å². The molecule has 0 bridgehead atoms. The Hall–Kier alpha value is -8.31. The zero-order valence-corrected chi connectivity index (χ0v) is 43.2. The summed E-state index contributed by atoms with van der Waals surface area (Å²) in [6.07, 6.45) is 6.95. The molecule has 4 atom stereocenters. The van der Waals surface area contributed by atoms with Gasteiger partial charge in [-0.2, -0.15) is 10.4 Å². The molecule has 16 nitrogen and oxygen atoms in total. The monoisotopic (exact) mass is 1050 g/mol. The molecule has 19 heteroatoms. The van der Waals surface area contributed by atoms with Gasteiger partial charge in [0.15, 0.2) is 34.5 Å². The molecule has 4 aromatic carbocycles. The van der Waals surface area contributed by atoms with Crippen molar-refractivity contribution >= 4 is 28.0 Å². The predicted octanol–water partition coefficient (Wildman–Crippen LogP) is 10.2. The highest BCUT2D eigenvalue weighted by Crippen LogP contribution is 2.65. The predicted molar refractivity (Wildman–Crippen MR) is 287 cm³/mol. The molecule has 394 valence electrons. The van der Waals surface area contributed by atoms with Crippen molar-refractivity contribution in [2.45, 2.75) is 57.0 Å². The molecule has 0 saturated heterocycles. The number of hydrogen-bond acceptors (Lipinski definition) is 15. The minimum absolute atomic E-state index is 0.0210. The normalized spacial score (nSPS) is 18.8. The molecule has 5 aromatic heterocycles. The number of nitrogens with zero attached hydrogens (tertiary/aromatic N) is 10. The standard InChI is InChI=1S/C59H54F3N13O3/c1-74-29-66-72-56(74)44-13-32(25-63)7-9-38(44)35-18-48(68-52(20-35)58-71-51-17-34(15-47(62)55(51)78-58)28-65-26-31-5-4-6-31)42-23-40(42)41-24-43(41)49-19-36(39-10-8-37(60)22-45(39)57-73-67-30-75(57)2)21-53(69-49)59-70-50-16-33(27-64-11-12-76-3)14-46(61)54(50)77-59/h7-10,13-22,30-31,40-43,64-66H,4-6,11-12,23-24,26-29H2,1-3H3. The van der Waals surface area contributed by atoms with Gasteiger partial charge in [0, 0.05) is 75.2 Å². The van der Waals surface area contributed by atoms with Gasteiger partial charge in [-0.05, 0) is 156 Å². The van der Waals surface area contributed by atoms with E-state index in [1.54, 1.807) is 43.3 Å². The largest absolute Gasteiger partial charge is 0.432 e. The Morgan fingerprint density at radius 1 is 0.731 bits per heavy atom. The summed E-state index contributed by atoms with van der Waals surface area (Å²) in [5.74, 6) is 1.23. The summed E-state index contributed by atoms with van der Waals surface area (Å²) in [6.45, 7) is 3.45. The minimum atomic E-state index is -0.538. The van der Waals surface area contributed by atoms with Crippen LogP contribution in [-0.2, 0) is 24.9 Å². The second-order valence-corrected chi connectivity index (χ2v) is 21.1. The van der Waals surface area contributed by atoms with E-state index >= 15 is 13.2 Å². The van der Waals surface area contributed by atoms with Gasteiger partial charge in [-0.25, -0.2) is 33.1 Å². The van der Waals surface area contributed by atoms with Crippen molar-refractivity contribution in [1.82, 2.24) is 55.7 Å². The summed E-state index contributed by atoms with van der Waals surface area (Å²) in [6, 6.07) is 26.9. The maximum atomic E-state index is 15.9. The molecule has 3 N–H and O–H groups in total. The van der Waals surface area contributed by atoms with Crippen molar-refractivity contribution in [2.24, 2.45) is 29.9 Å². The van der Waals surface area contributed by atoms with Crippen LogP contribution in [0.1, 0.15) is 77.6 Å². The van der Waals surface area contributed by atoms with Crippen LogP contribution in [0.25, 0.3) is 79.0 Å². The third-order valence-electron chi connectivity index (χ3n) is 15.7. The number of oxazole rings is 2. The fourth-order valence-corrected chi connectivity index (χ4v) is 11.3. The van der Waals surface area contributed by atoms with Crippen LogP contribution in [0.5, 0.6) is 0 Å². The Labute approximate surface area is 446 Å². The lowest BCUT2D eigenvalue weighted by molar-refractivity contribution is 0.199. The van der Waals surface area contributed by atoms with Crippen LogP contribution < -0.4 is 16.1 Å². The molecule has 1 aliphatic heterocycles. The summed E-state index contributed by atoms with van der Waals surface area (Å²) < 4.78 is 66.1. The van der Waals surface area contributed by atoms with E-state index in [0.29, 0.717) is 95.2 Å². The second kappa shape index (κ2) is 20.2. The Morgan fingerprint density at radius 3 is 1.92 bits per heavy atom. The van der Waals surface area contributed by atoms with Crippen molar-refractivity contribution in [3.05, 3.63) is 142 Å². The molecule has 78 heavy (non-hydrogen) atoms. The minimum Gasteiger partial charge on any atom is -0.432 e. The smallest absolute Gasteiger partial charge is 0.246 e. The average Bonchev–Trinajstić information content (AvgIpc) is 4.26. The van der Waals surface area contributed by atoms with Crippen LogP contribution >= 0.6 is 0 Å². The number of halogens is 3. The first-order chi connectivity index (χ1) is 38.0. The molecule has 0 amide bonds. The topological polar surface area (TPSA) is 193 Å². The number of hydrogen-bond donors (Lipinski definition) is 3. The number of methoxy groups -OCH3 is 1. The highest BCUT2D eigenvalue weighted by molar-refractivity contribution is 6.05.